The van der Waals surface area contributed by atoms with Gasteiger partial charge in [0.2, 0.25) is 0 Å². The van der Waals surface area contributed by atoms with Gasteiger partial charge < -0.3 is 0 Å². The van der Waals surface area contributed by atoms with Crippen molar-refractivity contribution in [1.82, 2.24) is 0 Å². The number of hydrogen-bond donors (Lipinski definition) is 0. The van der Waals surface area contributed by atoms with Crippen LogP contribution in [-0.2, 0) is 12.8 Å². The molecule has 0 fully saturated rings. The minimum atomic E-state index is -11.9. The Bertz CT molecular complexity index is 2860. The fourth-order valence-corrected chi connectivity index (χ4v) is 8.47. The van der Waals surface area contributed by atoms with Gasteiger partial charge in [-0.2, -0.15) is 33.4 Å². The molecule has 0 aromatic heterocycles. The highest BCUT2D eigenvalue weighted by Gasteiger charge is 2.71. The van der Waals surface area contributed by atoms with Crippen LogP contribution in [-0.4, -0.2) is 6.18 Å². The van der Waals surface area contributed by atoms with E-state index in [0.717, 1.165) is 12.1 Å². The molecule has 0 unspecified atom stereocenters. The number of hydrogen-bond acceptors (Lipinski definition) is 2. The van der Waals surface area contributed by atoms with Gasteiger partial charge in [0, 0.05) is 12.0 Å². The van der Waals surface area contributed by atoms with Crippen LogP contribution in [0.25, 0.3) is 43.1 Å². The molecule has 3 aromatic carbocycles. The van der Waals surface area contributed by atoms with E-state index in [1.54, 1.807) is 0 Å². The van der Waals surface area contributed by atoms with Crippen molar-refractivity contribution in [3.05, 3.63) is 113 Å². The summed E-state index contributed by atoms with van der Waals surface area (Å²) in [5.74, 6) is -31.5. The summed E-state index contributed by atoms with van der Waals surface area (Å²) < 4.78 is 306. The topological polar surface area (TPSA) is 56.3 Å². The first-order valence-electron chi connectivity index (χ1n) is 14.5. The number of alkyl halides is 3. The van der Waals surface area contributed by atoms with Gasteiger partial charge in [0.1, 0.15) is 30.9 Å². The van der Waals surface area contributed by atoms with E-state index in [2.05, 4.69) is 9.69 Å². The Kier molecular flexibility index (Phi) is 8.71. The van der Waals surface area contributed by atoms with Crippen LogP contribution in [0.4, 0.5) is 87.2 Å². The van der Waals surface area contributed by atoms with Gasteiger partial charge in [0.05, 0.1) is 22.3 Å². The van der Waals surface area contributed by atoms with Crippen LogP contribution in [0.2, 0.25) is 0 Å². The Morgan fingerprint density at radius 3 is 1.17 bits per heavy atom. The zero-order valence-electron chi connectivity index (χ0n) is 27.5. The Hall–Kier alpha value is -5.93. The van der Waals surface area contributed by atoms with E-state index in [9.17, 15) is 49.4 Å². The fraction of sp³-hybridized carbons (Fsp3) is 0.125. The largest absolute Gasteiger partial charge is 0.523 e. The summed E-state index contributed by atoms with van der Waals surface area (Å²) in [6, 6.07) is 1.74. The lowest BCUT2D eigenvalue weighted by Crippen LogP contribution is -2.29. The van der Waals surface area contributed by atoms with E-state index < -0.39 is 173 Å². The number of fused-ring (bicyclic) bond motifs is 2. The molecule has 0 aliphatic heterocycles. The van der Waals surface area contributed by atoms with Crippen LogP contribution < -0.4 is 10.4 Å². The molecule has 0 saturated heterocycles. The minimum Gasteiger partial charge on any atom is -0.203 e. The number of nitriles is 2. The molecule has 3 aromatic rings. The standard InChI is InChI=1S/C32H7F21N4S2/c1-8-10(31(56-2)57-3)4-12-14(8)15(18-21(33)25(37)29(26(38)22(18)34)58(44,45,46,47)48)13-5-11(9(6-54)7-55)20(32(41,42)43)17(13)16(12)19-23(35)27(39)30(28(40)24(19)36)59(49,50,51,52)53/h4-5H2,1H3. The van der Waals surface area contributed by atoms with Crippen molar-refractivity contribution in [1.29, 1.82) is 10.5 Å². The Morgan fingerprint density at radius 2 is 0.864 bits per heavy atom. The van der Waals surface area contributed by atoms with Gasteiger partial charge in [-0.1, -0.05) is 38.9 Å². The highest BCUT2D eigenvalue weighted by molar-refractivity contribution is 8.46. The van der Waals surface area contributed by atoms with E-state index in [1.165, 1.54) is 0 Å². The molecule has 314 valence electrons. The van der Waals surface area contributed by atoms with Gasteiger partial charge in [-0.3, -0.25) is 0 Å². The third kappa shape index (κ3) is 6.65. The number of rotatable bonds is 4. The number of nitrogens with zero attached hydrogens (tertiary/aromatic N) is 4. The number of benzene rings is 3. The van der Waals surface area contributed by atoms with Crippen molar-refractivity contribution < 1.29 is 87.2 Å². The van der Waals surface area contributed by atoms with Crippen LogP contribution >= 0.6 is 20.4 Å². The van der Waals surface area contributed by atoms with Crippen LogP contribution in [0.5, 0.6) is 0 Å². The molecular formula is C32H7F21N4S2. The van der Waals surface area contributed by atoms with Crippen molar-refractivity contribution in [3.8, 4) is 34.4 Å². The molecule has 59 heavy (non-hydrogen) atoms. The predicted molar refractivity (Wildman–Crippen MR) is 163 cm³/mol. The summed E-state index contributed by atoms with van der Waals surface area (Å²) in [4.78, 5) is -3.63. The van der Waals surface area contributed by atoms with Crippen LogP contribution in [0.1, 0.15) is 18.1 Å². The second kappa shape index (κ2) is 11.6. The first-order chi connectivity index (χ1) is 26.3. The highest BCUT2D eigenvalue weighted by Crippen LogP contribution is 3.03. The van der Waals surface area contributed by atoms with Crippen LogP contribution in [0.3, 0.4) is 0 Å². The van der Waals surface area contributed by atoms with Gasteiger partial charge in [-0.15, -0.1) is 0 Å². The van der Waals surface area contributed by atoms with Crippen molar-refractivity contribution in [2.45, 2.75) is 35.7 Å². The summed E-state index contributed by atoms with van der Waals surface area (Å²) in [5, 5.41) is 15.2. The Morgan fingerprint density at radius 1 is 0.542 bits per heavy atom. The molecule has 0 heterocycles. The molecule has 4 nitrogen and oxygen atoms in total. The van der Waals surface area contributed by atoms with Gasteiger partial charge in [-0.25, -0.2) is 35.1 Å². The molecule has 0 N–H and O–H groups in total. The molecule has 0 bridgehead atoms. The summed E-state index contributed by atoms with van der Waals surface area (Å²) in [6.45, 7) is 15.1. The summed E-state index contributed by atoms with van der Waals surface area (Å²) >= 11 is 0. The van der Waals surface area contributed by atoms with Crippen molar-refractivity contribution >= 4 is 31.6 Å². The molecule has 2 aliphatic carbocycles. The average molecular weight is 911 g/mol. The van der Waals surface area contributed by atoms with Crippen LogP contribution in [0, 0.1) is 82.3 Å². The summed E-state index contributed by atoms with van der Waals surface area (Å²) in [7, 11) is -23.7. The lowest BCUT2D eigenvalue weighted by molar-refractivity contribution is -0.0695. The van der Waals surface area contributed by atoms with E-state index in [0.29, 0.717) is 6.92 Å². The Labute approximate surface area is 312 Å². The lowest BCUT2D eigenvalue weighted by Gasteiger charge is -2.41. The second-order valence-electron chi connectivity index (χ2n) is 12.3. The molecule has 0 spiro atoms. The maximum absolute atomic E-state index is 15.9. The zero-order chi connectivity index (χ0) is 45.4. The molecule has 0 radical (unpaired) electrons. The fourth-order valence-electron chi connectivity index (χ4n) is 6.76. The summed E-state index contributed by atoms with van der Waals surface area (Å²) in [5.41, 5.74) is -21.1. The maximum Gasteiger partial charge on any atom is 0.523 e. The SMILES string of the molecule is [C-]#[N+]C([N+]#[C-])=C1Cc2c(-c3c(F)c(F)c(S(F)(F)(F)(F)F)c(F)c3F)c3c(c(-c4c(F)c(F)c(S(F)(F)(F)(F)F)c(F)c4F)c2=C1C)CC(=C(C#N)C#N)C=3C(F)(F)F. The highest BCUT2D eigenvalue weighted by atomic mass is 32.5. The average Bonchev–Trinajstić information content (AvgIpc) is 3.61. The minimum absolute atomic E-state index is 0.573. The molecule has 0 amide bonds. The molecule has 0 atom stereocenters. The first-order valence-corrected chi connectivity index (χ1v) is 18.4. The number of allylic oxidation sites excluding steroid dienone is 3. The third-order valence-electron chi connectivity index (χ3n) is 8.80. The maximum atomic E-state index is 15.9. The Balaban J connectivity index is 2.33. The monoisotopic (exact) mass is 910 g/mol. The van der Waals surface area contributed by atoms with Gasteiger partial charge in [0.25, 0.3) is 0 Å². The van der Waals surface area contributed by atoms with E-state index >= 15 is 48.3 Å². The van der Waals surface area contributed by atoms with Crippen molar-refractivity contribution in [2.75, 3.05) is 0 Å². The lowest BCUT2D eigenvalue weighted by atomic mass is 9.85. The van der Waals surface area contributed by atoms with Gasteiger partial charge in [-0.05, 0) is 51.6 Å². The molecule has 5 rings (SSSR count). The van der Waals surface area contributed by atoms with Crippen molar-refractivity contribution in [3.63, 3.8) is 0 Å². The smallest absolute Gasteiger partial charge is 0.203 e. The predicted octanol–water partition coefficient (Wildman–Crippen LogP) is 12.8. The van der Waals surface area contributed by atoms with Gasteiger partial charge >= 0.3 is 32.4 Å². The zero-order valence-corrected chi connectivity index (χ0v) is 29.1. The van der Waals surface area contributed by atoms with Gasteiger partial charge in [0.15, 0.2) is 56.3 Å². The van der Waals surface area contributed by atoms with E-state index in [4.69, 9.17) is 13.1 Å². The third-order valence-corrected chi connectivity index (χ3v) is 11.1. The van der Waals surface area contributed by atoms with Crippen molar-refractivity contribution in [2.24, 2.45) is 0 Å². The van der Waals surface area contributed by atoms with Crippen LogP contribution in [0.15, 0.2) is 32.3 Å². The molecular weight excluding hydrogens is 903 g/mol. The summed E-state index contributed by atoms with van der Waals surface area (Å²) in [6.07, 6.45) is -9.79. The molecule has 0 saturated carbocycles. The number of halogens is 21. The normalized spacial score (nSPS) is 16.5. The van der Waals surface area contributed by atoms with E-state index in [1.807, 2.05) is 0 Å². The molecule has 2 aliphatic rings. The second-order valence-corrected chi connectivity index (χ2v) is 17.0. The first kappa shape index (κ1) is 44.2. The quantitative estimate of drug-likeness (QED) is 0.113. The van der Waals surface area contributed by atoms with E-state index in [-0.39, 0.29) is 0 Å². The molecule has 27 heteroatoms.